The number of hydrogen-bond donors (Lipinski definition) is 2. The van der Waals surface area contributed by atoms with Gasteiger partial charge in [-0.05, 0) is 49.5 Å². The Kier molecular flexibility index (Phi) is 5.53. The molecule has 1 saturated heterocycles. The number of carboxylic acids is 1. The Hall–Kier alpha value is -3.10. The Labute approximate surface area is 170 Å². The topological polar surface area (TPSA) is 99.1 Å². The van der Waals surface area contributed by atoms with Gasteiger partial charge in [-0.1, -0.05) is 29.3 Å². The van der Waals surface area contributed by atoms with Crippen LogP contribution in [0.4, 0.5) is 11.4 Å². The van der Waals surface area contributed by atoms with Crippen LogP contribution in [0.3, 0.4) is 0 Å². The predicted octanol–water partition coefficient (Wildman–Crippen LogP) is 3.11. The first-order chi connectivity index (χ1) is 13.3. The van der Waals surface area contributed by atoms with Gasteiger partial charge >= 0.3 is 5.97 Å². The molecule has 0 radical (unpaired) electrons. The van der Waals surface area contributed by atoms with Crippen LogP contribution in [0.15, 0.2) is 47.5 Å². The highest BCUT2D eigenvalue weighted by Crippen LogP contribution is 2.27. The summed E-state index contributed by atoms with van der Waals surface area (Å²) < 4.78 is 0. The summed E-state index contributed by atoms with van der Waals surface area (Å²) in [6.45, 7) is 1.91. The van der Waals surface area contributed by atoms with Crippen LogP contribution >= 0.6 is 23.8 Å². The van der Waals surface area contributed by atoms with E-state index in [-0.39, 0.29) is 21.4 Å². The summed E-state index contributed by atoms with van der Waals surface area (Å²) >= 11 is 11.2. The molecule has 1 atom stereocenters. The van der Waals surface area contributed by atoms with Gasteiger partial charge in [0.25, 0.3) is 5.91 Å². The molecule has 3 rings (SSSR count). The number of carbonyl (C=O) groups is 3. The van der Waals surface area contributed by atoms with Crippen LogP contribution in [0.2, 0.25) is 5.02 Å². The summed E-state index contributed by atoms with van der Waals surface area (Å²) in [7, 11) is 0. The summed E-state index contributed by atoms with van der Waals surface area (Å²) in [5, 5.41) is 11.7. The highest BCUT2D eigenvalue weighted by Gasteiger charge is 2.38. The average Bonchev–Trinajstić information content (AvgIpc) is 2.64. The largest absolute Gasteiger partial charge is 0.478 e. The Balaban J connectivity index is 1.92. The molecule has 7 nitrogen and oxygen atoms in total. The predicted molar refractivity (Wildman–Crippen MR) is 109 cm³/mol. The van der Waals surface area contributed by atoms with Gasteiger partial charge in [-0.15, -0.1) is 0 Å². The minimum absolute atomic E-state index is 0.0153. The highest BCUT2D eigenvalue weighted by atomic mass is 35.5. The normalized spacial score (nSPS) is 17.1. The number of carboxylic acid groups (broad SMARTS) is 1. The molecular formula is C19H14ClN3O4S. The second kappa shape index (κ2) is 7.87. The molecule has 9 heteroatoms. The van der Waals surface area contributed by atoms with E-state index in [0.717, 1.165) is 11.8 Å². The van der Waals surface area contributed by atoms with E-state index in [0.29, 0.717) is 5.69 Å². The van der Waals surface area contributed by atoms with Crippen molar-refractivity contribution in [3.63, 3.8) is 0 Å². The number of aromatic carboxylic acids is 1. The second-order valence-electron chi connectivity index (χ2n) is 6.03. The van der Waals surface area contributed by atoms with Gasteiger partial charge in [0, 0.05) is 6.21 Å². The van der Waals surface area contributed by atoms with E-state index in [1.165, 1.54) is 23.1 Å². The minimum atomic E-state index is -1.24. The molecule has 1 heterocycles. The maximum atomic E-state index is 12.9. The van der Waals surface area contributed by atoms with Crippen molar-refractivity contribution in [1.29, 1.82) is 0 Å². The quantitative estimate of drug-likeness (QED) is 0.454. The maximum Gasteiger partial charge on any atom is 0.335 e. The second-order valence-corrected chi connectivity index (χ2v) is 6.82. The number of nitrogens with one attached hydrogen (secondary N) is 1. The van der Waals surface area contributed by atoms with Gasteiger partial charge in [-0.2, -0.15) is 0 Å². The lowest BCUT2D eigenvalue weighted by molar-refractivity contribution is -0.130. The summed E-state index contributed by atoms with van der Waals surface area (Å²) in [5.41, 5.74) is 1.65. The van der Waals surface area contributed by atoms with Crippen molar-refractivity contribution < 1.29 is 19.5 Å². The number of benzene rings is 2. The molecule has 0 unspecified atom stereocenters. The van der Waals surface area contributed by atoms with E-state index in [1.54, 1.807) is 12.1 Å². The smallest absolute Gasteiger partial charge is 0.335 e. The molecule has 0 aliphatic carbocycles. The Morgan fingerprint density at radius 1 is 1.25 bits per heavy atom. The van der Waals surface area contributed by atoms with Crippen LogP contribution < -0.4 is 10.2 Å². The molecule has 1 aliphatic rings. The van der Waals surface area contributed by atoms with Crippen molar-refractivity contribution in [2.75, 3.05) is 4.90 Å². The summed E-state index contributed by atoms with van der Waals surface area (Å²) in [5.74, 6) is -3.56. The fraction of sp³-hybridized carbons (Fsp3) is 0.105. The number of rotatable bonds is 4. The number of halogens is 1. The van der Waals surface area contributed by atoms with Gasteiger partial charge in [0.15, 0.2) is 11.0 Å². The van der Waals surface area contributed by atoms with Crippen LogP contribution in [-0.4, -0.2) is 34.2 Å². The zero-order valence-electron chi connectivity index (χ0n) is 14.5. The first-order valence-electron chi connectivity index (χ1n) is 8.10. The maximum absolute atomic E-state index is 12.9. The molecule has 142 valence electrons. The SMILES string of the molecule is Cc1ccc(N2C(=O)[C@@H](C=Nc3cc(C(=O)O)ccc3Cl)C(=O)NC2=S)cc1. The summed E-state index contributed by atoms with van der Waals surface area (Å²) in [6.07, 6.45) is 1.13. The Morgan fingerprint density at radius 3 is 2.57 bits per heavy atom. The summed E-state index contributed by atoms with van der Waals surface area (Å²) in [4.78, 5) is 41.5. The van der Waals surface area contributed by atoms with Crippen LogP contribution in [0.1, 0.15) is 15.9 Å². The average molecular weight is 416 g/mol. The van der Waals surface area contributed by atoms with Crippen LogP contribution in [-0.2, 0) is 9.59 Å². The number of aryl methyl sites for hydroxylation is 1. The van der Waals surface area contributed by atoms with E-state index < -0.39 is 23.7 Å². The van der Waals surface area contributed by atoms with Gasteiger partial charge in [-0.25, -0.2) is 4.79 Å². The molecule has 1 aliphatic heterocycles. The zero-order chi connectivity index (χ0) is 20.4. The third kappa shape index (κ3) is 3.92. The lowest BCUT2D eigenvalue weighted by Gasteiger charge is -2.31. The van der Waals surface area contributed by atoms with Crippen LogP contribution in [0, 0.1) is 12.8 Å². The number of amides is 2. The Morgan fingerprint density at radius 2 is 1.93 bits per heavy atom. The lowest BCUT2D eigenvalue weighted by Crippen LogP contribution is -2.58. The van der Waals surface area contributed by atoms with E-state index >= 15 is 0 Å². The number of thiocarbonyl (C=S) groups is 1. The summed E-state index contributed by atoms with van der Waals surface area (Å²) in [6, 6.07) is 11.1. The Bertz CT molecular complexity index is 1020. The monoisotopic (exact) mass is 415 g/mol. The molecule has 28 heavy (non-hydrogen) atoms. The van der Waals surface area contributed by atoms with E-state index in [4.69, 9.17) is 28.9 Å². The fourth-order valence-corrected chi connectivity index (χ4v) is 3.02. The first-order valence-corrected chi connectivity index (χ1v) is 8.89. The number of carbonyl (C=O) groups excluding carboxylic acids is 2. The third-order valence-electron chi connectivity index (χ3n) is 4.05. The number of hydrogen-bond acceptors (Lipinski definition) is 5. The van der Waals surface area contributed by atoms with Crippen molar-refractivity contribution >= 4 is 64.3 Å². The molecular weight excluding hydrogens is 402 g/mol. The minimum Gasteiger partial charge on any atom is -0.478 e. The number of anilines is 1. The standard InChI is InChI=1S/C19H14ClN3O4S/c1-10-2-5-12(6-3-10)23-17(25)13(16(24)22-19(23)28)9-21-15-8-11(18(26)27)4-7-14(15)20/h2-9,13H,1H3,(H,26,27)(H,22,24,28)/t13-/m0/s1. The first kappa shape index (κ1) is 19.7. The van der Waals surface area contributed by atoms with Gasteiger partial charge < -0.3 is 10.4 Å². The third-order valence-corrected chi connectivity index (χ3v) is 4.65. The van der Waals surface area contributed by atoms with Gasteiger partial charge in [0.2, 0.25) is 5.91 Å². The van der Waals surface area contributed by atoms with Crippen molar-refractivity contribution in [3.8, 4) is 0 Å². The molecule has 1 fully saturated rings. The van der Waals surface area contributed by atoms with E-state index in [1.807, 2.05) is 19.1 Å². The highest BCUT2D eigenvalue weighted by molar-refractivity contribution is 7.80. The van der Waals surface area contributed by atoms with Crippen LogP contribution in [0.25, 0.3) is 0 Å². The molecule has 0 saturated carbocycles. The molecule has 2 aromatic carbocycles. The molecule has 0 bridgehead atoms. The van der Waals surface area contributed by atoms with Crippen molar-refractivity contribution in [1.82, 2.24) is 5.32 Å². The molecule has 0 spiro atoms. The van der Waals surface area contributed by atoms with Gasteiger partial charge in [0.1, 0.15) is 0 Å². The number of nitrogens with zero attached hydrogens (tertiary/aromatic N) is 2. The van der Waals surface area contributed by atoms with E-state index in [9.17, 15) is 14.4 Å². The fourth-order valence-electron chi connectivity index (χ4n) is 2.56. The van der Waals surface area contributed by atoms with Crippen LogP contribution in [0.5, 0.6) is 0 Å². The van der Waals surface area contributed by atoms with Crippen molar-refractivity contribution in [3.05, 3.63) is 58.6 Å². The lowest BCUT2D eigenvalue weighted by atomic mass is 10.1. The zero-order valence-corrected chi connectivity index (χ0v) is 16.1. The molecule has 2 N–H and O–H groups in total. The molecule has 0 aromatic heterocycles. The van der Waals surface area contributed by atoms with Gasteiger partial charge in [0.05, 0.1) is 22.0 Å². The molecule has 2 aromatic rings. The van der Waals surface area contributed by atoms with Crippen molar-refractivity contribution in [2.45, 2.75) is 6.92 Å². The van der Waals surface area contributed by atoms with Gasteiger partial charge in [-0.3, -0.25) is 19.5 Å². The van der Waals surface area contributed by atoms with Crippen molar-refractivity contribution in [2.24, 2.45) is 10.9 Å². The van der Waals surface area contributed by atoms with E-state index in [2.05, 4.69) is 10.3 Å². The number of aliphatic imine (C=N–C) groups is 1. The molecule has 2 amide bonds.